The van der Waals surface area contributed by atoms with Gasteiger partial charge in [-0.3, -0.25) is 9.36 Å². The standard InChI is InChI=1S/C18H29O5P/c1-7-14-12(5)18(20)13(6)15(11-19)17(14)16(8-2)24(21,22-9-3)23-10-4/h11,16,20H,7-10H2,1-6H3. The van der Waals surface area contributed by atoms with E-state index in [1.807, 2.05) is 20.8 Å². The van der Waals surface area contributed by atoms with Gasteiger partial charge in [0.2, 0.25) is 0 Å². The first-order valence-corrected chi connectivity index (χ1v) is 10.1. The molecule has 1 N–H and O–H groups in total. The first-order valence-electron chi connectivity index (χ1n) is 8.51. The summed E-state index contributed by atoms with van der Waals surface area (Å²) < 4.78 is 24.4. The summed E-state index contributed by atoms with van der Waals surface area (Å²) in [5.74, 6) is 0.121. The quantitative estimate of drug-likeness (QED) is 0.492. The van der Waals surface area contributed by atoms with Gasteiger partial charge in [0.05, 0.1) is 18.9 Å². The van der Waals surface area contributed by atoms with Crippen molar-refractivity contribution in [1.29, 1.82) is 0 Å². The van der Waals surface area contributed by atoms with Gasteiger partial charge in [-0.15, -0.1) is 0 Å². The molecule has 0 fully saturated rings. The van der Waals surface area contributed by atoms with Crippen LogP contribution in [0.4, 0.5) is 0 Å². The van der Waals surface area contributed by atoms with Crippen molar-refractivity contribution < 1.29 is 23.5 Å². The number of rotatable bonds is 9. The van der Waals surface area contributed by atoms with Crippen LogP contribution in [0.2, 0.25) is 0 Å². The molecule has 0 spiro atoms. The van der Waals surface area contributed by atoms with Crippen molar-refractivity contribution in [2.75, 3.05) is 13.2 Å². The first kappa shape index (κ1) is 20.9. The monoisotopic (exact) mass is 356 g/mol. The molecule has 0 bridgehead atoms. The third-order valence-electron chi connectivity index (χ3n) is 4.37. The fourth-order valence-electron chi connectivity index (χ4n) is 3.27. The topological polar surface area (TPSA) is 72.8 Å². The van der Waals surface area contributed by atoms with Crippen LogP contribution in [-0.2, 0) is 20.0 Å². The minimum Gasteiger partial charge on any atom is -0.507 e. The van der Waals surface area contributed by atoms with E-state index in [2.05, 4.69) is 0 Å². The van der Waals surface area contributed by atoms with Crippen molar-refractivity contribution in [3.8, 4) is 5.75 Å². The second kappa shape index (κ2) is 8.80. The number of carbonyl (C=O) groups is 1. The molecule has 1 rings (SSSR count). The molecule has 1 aromatic carbocycles. The van der Waals surface area contributed by atoms with Crippen LogP contribution in [0, 0.1) is 13.8 Å². The predicted molar refractivity (Wildman–Crippen MR) is 96.2 cm³/mol. The molecule has 0 radical (unpaired) electrons. The molecule has 0 heterocycles. The fraction of sp³-hybridized carbons (Fsp3) is 0.611. The fourth-order valence-corrected chi connectivity index (χ4v) is 5.48. The Morgan fingerprint density at radius 1 is 1.08 bits per heavy atom. The van der Waals surface area contributed by atoms with Crippen LogP contribution in [0.3, 0.4) is 0 Å². The van der Waals surface area contributed by atoms with E-state index in [1.165, 1.54) is 0 Å². The van der Waals surface area contributed by atoms with E-state index in [9.17, 15) is 14.5 Å². The number of aromatic hydroxyl groups is 1. The SMILES string of the molecule is CCOP(=O)(OCC)C(CC)c1c(C=O)c(C)c(O)c(C)c1CC. The molecule has 1 unspecified atom stereocenters. The van der Waals surface area contributed by atoms with Crippen molar-refractivity contribution >= 4 is 13.9 Å². The van der Waals surface area contributed by atoms with Crippen LogP contribution in [0.1, 0.15) is 72.4 Å². The molecule has 0 aliphatic heterocycles. The smallest absolute Gasteiger partial charge is 0.338 e. The Hall–Kier alpha value is -1.16. The summed E-state index contributed by atoms with van der Waals surface area (Å²) in [4.78, 5) is 11.8. The molecular weight excluding hydrogens is 327 g/mol. The lowest BCUT2D eigenvalue weighted by molar-refractivity contribution is 0.112. The van der Waals surface area contributed by atoms with Crippen LogP contribution in [0.5, 0.6) is 5.75 Å². The highest BCUT2D eigenvalue weighted by Gasteiger charge is 2.39. The highest BCUT2D eigenvalue weighted by Crippen LogP contribution is 2.63. The van der Waals surface area contributed by atoms with E-state index < -0.39 is 13.3 Å². The Morgan fingerprint density at radius 3 is 2.00 bits per heavy atom. The van der Waals surface area contributed by atoms with Gasteiger partial charge >= 0.3 is 7.60 Å². The van der Waals surface area contributed by atoms with E-state index >= 15 is 0 Å². The van der Waals surface area contributed by atoms with Crippen LogP contribution >= 0.6 is 7.60 Å². The molecule has 136 valence electrons. The summed E-state index contributed by atoms with van der Waals surface area (Å²) in [5.41, 5.74) is 2.60. The van der Waals surface area contributed by atoms with Gasteiger partial charge in [-0.1, -0.05) is 13.8 Å². The largest absolute Gasteiger partial charge is 0.507 e. The lowest BCUT2D eigenvalue weighted by Gasteiger charge is -2.30. The van der Waals surface area contributed by atoms with Crippen LogP contribution in [0.15, 0.2) is 0 Å². The Balaban J connectivity index is 3.78. The molecule has 0 amide bonds. The highest BCUT2D eigenvalue weighted by atomic mass is 31.2. The highest BCUT2D eigenvalue weighted by molar-refractivity contribution is 7.54. The van der Waals surface area contributed by atoms with Gasteiger partial charge in [-0.05, 0) is 57.2 Å². The lowest BCUT2D eigenvalue weighted by Crippen LogP contribution is -2.13. The lowest BCUT2D eigenvalue weighted by atomic mass is 9.88. The molecule has 0 aliphatic carbocycles. The zero-order chi connectivity index (χ0) is 18.5. The van der Waals surface area contributed by atoms with Crippen LogP contribution in [-0.4, -0.2) is 24.6 Å². The van der Waals surface area contributed by atoms with Gasteiger partial charge in [0.25, 0.3) is 0 Å². The number of aldehydes is 1. The molecule has 0 aliphatic rings. The van der Waals surface area contributed by atoms with Gasteiger partial charge < -0.3 is 14.2 Å². The number of phenolic OH excluding ortho intramolecular Hbond substituents is 1. The summed E-state index contributed by atoms with van der Waals surface area (Å²) in [6.45, 7) is 11.4. The maximum absolute atomic E-state index is 13.4. The molecule has 0 aromatic heterocycles. The van der Waals surface area contributed by atoms with E-state index in [0.717, 1.165) is 11.8 Å². The summed E-state index contributed by atoms with van der Waals surface area (Å²) in [6.07, 6.45) is 1.85. The minimum atomic E-state index is -3.43. The average molecular weight is 356 g/mol. The molecule has 0 saturated carbocycles. The van der Waals surface area contributed by atoms with Crippen molar-refractivity contribution in [3.63, 3.8) is 0 Å². The van der Waals surface area contributed by atoms with Crippen molar-refractivity contribution in [3.05, 3.63) is 27.8 Å². The number of carbonyl (C=O) groups excluding carboxylic acids is 1. The molecule has 0 saturated heterocycles. The Morgan fingerprint density at radius 2 is 1.62 bits per heavy atom. The maximum atomic E-state index is 13.4. The Kier molecular flexibility index (Phi) is 7.65. The van der Waals surface area contributed by atoms with Gasteiger partial charge in [-0.2, -0.15) is 0 Å². The number of hydrogen-bond acceptors (Lipinski definition) is 5. The number of hydrogen-bond donors (Lipinski definition) is 1. The maximum Gasteiger partial charge on any atom is 0.338 e. The van der Waals surface area contributed by atoms with E-state index in [1.54, 1.807) is 20.8 Å². The predicted octanol–water partition coefficient (Wildman–Crippen LogP) is 5.10. The average Bonchev–Trinajstić information content (AvgIpc) is 2.54. The van der Waals surface area contributed by atoms with Gasteiger partial charge in [0, 0.05) is 11.1 Å². The summed E-state index contributed by atoms with van der Waals surface area (Å²) >= 11 is 0. The summed E-state index contributed by atoms with van der Waals surface area (Å²) in [7, 11) is -3.43. The van der Waals surface area contributed by atoms with Gasteiger partial charge in [0.15, 0.2) is 6.29 Å². The Bertz CT molecular complexity index is 629. The van der Waals surface area contributed by atoms with Crippen LogP contribution < -0.4 is 0 Å². The van der Waals surface area contributed by atoms with E-state index in [0.29, 0.717) is 35.1 Å². The minimum absolute atomic E-state index is 0.121. The number of benzene rings is 1. The molecule has 5 nitrogen and oxygen atoms in total. The second-order valence-electron chi connectivity index (χ2n) is 5.68. The normalized spacial score (nSPS) is 13.1. The third-order valence-corrected chi connectivity index (χ3v) is 7.00. The van der Waals surface area contributed by atoms with Crippen molar-refractivity contribution in [2.24, 2.45) is 0 Å². The molecular formula is C18H29O5P. The van der Waals surface area contributed by atoms with Gasteiger partial charge in [-0.25, -0.2) is 0 Å². The number of phenols is 1. The third kappa shape index (κ3) is 3.74. The zero-order valence-electron chi connectivity index (χ0n) is 15.5. The Labute approximate surface area is 144 Å². The van der Waals surface area contributed by atoms with Crippen molar-refractivity contribution in [1.82, 2.24) is 0 Å². The van der Waals surface area contributed by atoms with E-state index in [-0.39, 0.29) is 19.0 Å². The molecule has 24 heavy (non-hydrogen) atoms. The zero-order valence-corrected chi connectivity index (χ0v) is 16.4. The van der Waals surface area contributed by atoms with Crippen LogP contribution in [0.25, 0.3) is 0 Å². The van der Waals surface area contributed by atoms with Crippen molar-refractivity contribution in [2.45, 2.75) is 60.0 Å². The van der Waals surface area contributed by atoms with E-state index in [4.69, 9.17) is 9.05 Å². The second-order valence-corrected chi connectivity index (χ2v) is 7.89. The van der Waals surface area contributed by atoms with Gasteiger partial charge in [0.1, 0.15) is 5.75 Å². The summed E-state index contributed by atoms with van der Waals surface area (Å²) in [5, 5.41) is 10.3. The first-order chi connectivity index (χ1) is 11.3. The summed E-state index contributed by atoms with van der Waals surface area (Å²) in [6, 6.07) is 0. The molecule has 6 heteroatoms. The molecule has 1 atom stereocenters. The molecule has 1 aromatic rings.